The van der Waals surface area contributed by atoms with E-state index in [9.17, 15) is 13.2 Å². The van der Waals surface area contributed by atoms with Crippen molar-refractivity contribution >= 4 is 15.9 Å². The highest BCUT2D eigenvalue weighted by molar-refractivity contribution is 9.10. The number of rotatable bonds is 3. The van der Waals surface area contributed by atoms with Gasteiger partial charge in [0.05, 0.1) is 4.47 Å². The summed E-state index contributed by atoms with van der Waals surface area (Å²) in [4.78, 5) is 0. The molecule has 1 rings (SSSR count). The lowest BCUT2D eigenvalue weighted by Crippen LogP contribution is -2.19. The molecule has 0 aliphatic carbocycles. The van der Waals surface area contributed by atoms with E-state index >= 15 is 0 Å². The molecule has 81 valence electrons. The Morgan fingerprint density at radius 2 is 2.07 bits per heavy atom. The summed E-state index contributed by atoms with van der Waals surface area (Å²) in [6, 6.07) is 4.68. The van der Waals surface area contributed by atoms with Gasteiger partial charge in [-0.2, -0.15) is 13.2 Å². The zero-order valence-corrected chi connectivity index (χ0v) is 9.15. The first-order valence-electron chi connectivity index (χ1n) is 3.95. The molecule has 0 unspecified atom stereocenters. The summed E-state index contributed by atoms with van der Waals surface area (Å²) in [6.45, 7) is 2.10. The summed E-state index contributed by atoms with van der Waals surface area (Å²) in [5.74, 6) is 0.126. The van der Waals surface area contributed by atoms with Gasteiger partial charge < -0.3 is 4.74 Å². The Labute approximate surface area is 93.7 Å². The van der Waals surface area contributed by atoms with Crippen LogP contribution >= 0.6 is 15.9 Å². The minimum absolute atomic E-state index is 0.126. The third-order valence-corrected chi connectivity index (χ3v) is 2.36. The van der Waals surface area contributed by atoms with Crippen molar-refractivity contribution in [3.63, 3.8) is 0 Å². The molecule has 0 atom stereocenters. The van der Waals surface area contributed by atoms with Crippen LogP contribution < -0.4 is 4.74 Å². The zero-order chi connectivity index (χ0) is 11.5. The molecule has 0 aliphatic rings. The molecule has 0 bridgehead atoms. The Hall–Kier alpha value is -0.970. The van der Waals surface area contributed by atoms with Crippen LogP contribution in [0.3, 0.4) is 0 Å². The quantitative estimate of drug-likeness (QED) is 0.819. The fourth-order valence-electron chi connectivity index (χ4n) is 0.918. The topological polar surface area (TPSA) is 9.23 Å². The van der Waals surface area contributed by atoms with Crippen molar-refractivity contribution in [3.05, 3.63) is 40.9 Å². The van der Waals surface area contributed by atoms with Crippen LogP contribution in [-0.4, -0.2) is 12.8 Å². The van der Waals surface area contributed by atoms with E-state index in [2.05, 4.69) is 33.3 Å². The average Bonchev–Trinajstić information content (AvgIpc) is 2.15. The van der Waals surface area contributed by atoms with Crippen molar-refractivity contribution in [2.75, 3.05) is 6.61 Å². The summed E-state index contributed by atoms with van der Waals surface area (Å²) in [6.07, 6.45) is -1.77. The van der Waals surface area contributed by atoms with Crippen molar-refractivity contribution in [3.8, 4) is 5.75 Å². The highest BCUT2D eigenvalue weighted by Crippen LogP contribution is 2.29. The second-order valence-corrected chi connectivity index (χ2v) is 3.49. The van der Waals surface area contributed by atoms with Gasteiger partial charge >= 0.3 is 6.18 Å². The van der Waals surface area contributed by atoms with Crippen molar-refractivity contribution in [1.82, 2.24) is 0 Å². The highest BCUT2D eigenvalue weighted by atomic mass is 79.9. The number of benzene rings is 1. The summed E-state index contributed by atoms with van der Waals surface area (Å²) < 4.78 is 40.7. The number of hydrogen-bond donors (Lipinski definition) is 0. The normalized spacial score (nSPS) is 11.2. The number of alkyl halides is 3. The summed E-state index contributed by atoms with van der Waals surface area (Å²) in [5, 5.41) is 0. The Kier molecular flexibility index (Phi) is 3.79. The first-order valence-corrected chi connectivity index (χ1v) is 4.74. The van der Waals surface area contributed by atoms with E-state index in [1.807, 2.05) is 0 Å². The monoisotopic (exact) mass is 279 g/mol. The number of halogens is 4. The molecule has 15 heavy (non-hydrogen) atoms. The molecule has 1 nitrogen and oxygen atoms in total. The zero-order valence-electron chi connectivity index (χ0n) is 7.57. The SMILES string of the molecule is C=[C]c1cccc(OCC(F)(F)F)c1Br. The molecular weight excluding hydrogens is 273 g/mol. The van der Waals surface area contributed by atoms with Crippen LogP contribution in [-0.2, 0) is 0 Å². The molecule has 0 aliphatic heterocycles. The molecule has 0 saturated heterocycles. The molecule has 0 amide bonds. The largest absolute Gasteiger partial charge is 0.483 e. The van der Waals surface area contributed by atoms with Gasteiger partial charge in [-0.05, 0) is 33.6 Å². The minimum Gasteiger partial charge on any atom is -0.483 e. The van der Waals surface area contributed by atoms with E-state index in [1.165, 1.54) is 6.07 Å². The molecule has 0 aromatic heterocycles. The lowest BCUT2D eigenvalue weighted by atomic mass is 10.2. The molecule has 0 spiro atoms. The van der Waals surface area contributed by atoms with E-state index in [0.29, 0.717) is 10.0 Å². The maximum absolute atomic E-state index is 11.9. The highest BCUT2D eigenvalue weighted by Gasteiger charge is 2.28. The van der Waals surface area contributed by atoms with Crippen LogP contribution in [0.5, 0.6) is 5.75 Å². The fraction of sp³-hybridized carbons (Fsp3) is 0.200. The van der Waals surface area contributed by atoms with E-state index < -0.39 is 12.8 Å². The Morgan fingerprint density at radius 1 is 1.40 bits per heavy atom. The molecule has 0 heterocycles. The van der Waals surface area contributed by atoms with Gasteiger partial charge in [0.1, 0.15) is 5.75 Å². The van der Waals surface area contributed by atoms with Gasteiger partial charge in [-0.3, -0.25) is 0 Å². The predicted octanol–water partition coefficient (Wildman–Crippen LogP) is 3.73. The standard InChI is InChI=1S/C10H7BrF3O/c1-2-7-4-3-5-8(9(7)11)15-6-10(12,13)14/h3-5H,1,6H2. The number of hydrogen-bond acceptors (Lipinski definition) is 1. The van der Waals surface area contributed by atoms with Crippen LogP contribution in [0.2, 0.25) is 0 Å². The fourth-order valence-corrected chi connectivity index (χ4v) is 1.44. The van der Waals surface area contributed by atoms with Gasteiger partial charge in [-0.1, -0.05) is 18.7 Å². The molecule has 0 N–H and O–H groups in total. The van der Waals surface area contributed by atoms with Crippen LogP contribution in [0.4, 0.5) is 13.2 Å². The first-order chi connectivity index (χ1) is 6.94. The van der Waals surface area contributed by atoms with Crippen LogP contribution in [0, 0.1) is 6.08 Å². The molecule has 1 radical (unpaired) electrons. The molecular formula is C10H7BrF3O. The lowest BCUT2D eigenvalue weighted by Gasteiger charge is -2.11. The van der Waals surface area contributed by atoms with Crippen molar-refractivity contribution < 1.29 is 17.9 Å². The lowest BCUT2D eigenvalue weighted by molar-refractivity contribution is -0.153. The molecule has 1 aromatic carbocycles. The van der Waals surface area contributed by atoms with E-state index in [4.69, 9.17) is 0 Å². The van der Waals surface area contributed by atoms with E-state index in [0.717, 1.165) is 0 Å². The van der Waals surface area contributed by atoms with Gasteiger partial charge in [0.15, 0.2) is 6.61 Å². The molecule has 0 saturated carbocycles. The minimum atomic E-state index is -4.34. The van der Waals surface area contributed by atoms with Gasteiger partial charge in [-0.25, -0.2) is 0 Å². The summed E-state index contributed by atoms with van der Waals surface area (Å²) in [5.41, 5.74) is 0.565. The van der Waals surface area contributed by atoms with Gasteiger partial charge in [-0.15, -0.1) is 0 Å². The third kappa shape index (κ3) is 3.58. The van der Waals surface area contributed by atoms with Crippen molar-refractivity contribution in [2.45, 2.75) is 6.18 Å². The van der Waals surface area contributed by atoms with E-state index in [-0.39, 0.29) is 5.75 Å². The first kappa shape index (κ1) is 12.1. The number of ether oxygens (including phenoxy) is 1. The molecule has 5 heteroatoms. The maximum atomic E-state index is 11.9. The van der Waals surface area contributed by atoms with Crippen LogP contribution in [0.15, 0.2) is 29.3 Å². The van der Waals surface area contributed by atoms with Crippen molar-refractivity contribution in [2.24, 2.45) is 0 Å². The second kappa shape index (κ2) is 4.70. The van der Waals surface area contributed by atoms with Crippen LogP contribution in [0.1, 0.15) is 5.56 Å². The van der Waals surface area contributed by atoms with E-state index in [1.54, 1.807) is 12.1 Å². The maximum Gasteiger partial charge on any atom is 0.422 e. The summed E-state index contributed by atoms with van der Waals surface area (Å²) >= 11 is 3.11. The summed E-state index contributed by atoms with van der Waals surface area (Å²) in [7, 11) is 0. The Balaban J connectivity index is 2.82. The second-order valence-electron chi connectivity index (χ2n) is 2.70. The van der Waals surface area contributed by atoms with Crippen LogP contribution in [0.25, 0.3) is 0 Å². The predicted molar refractivity (Wildman–Crippen MR) is 53.7 cm³/mol. The van der Waals surface area contributed by atoms with Gasteiger partial charge in [0.25, 0.3) is 0 Å². The average molecular weight is 280 g/mol. The Morgan fingerprint density at radius 3 is 2.60 bits per heavy atom. The van der Waals surface area contributed by atoms with Crippen molar-refractivity contribution in [1.29, 1.82) is 0 Å². The third-order valence-electron chi connectivity index (χ3n) is 1.55. The smallest absolute Gasteiger partial charge is 0.422 e. The molecule has 1 aromatic rings. The van der Waals surface area contributed by atoms with Gasteiger partial charge in [0, 0.05) is 0 Å². The Bertz CT molecular complexity index is 360. The molecule has 0 fully saturated rings. The van der Waals surface area contributed by atoms with Gasteiger partial charge in [0.2, 0.25) is 0 Å².